The quantitative estimate of drug-likeness (QED) is 0.760. The molecule has 5 heteroatoms. The maximum Gasteiger partial charge on any atom is 0.258 e. The first-order valence-corrected chi connectivity index (χ1v) is 7.17. The van der Waals surface area contributed by atoms with Gasteiger partial charge in [0.25, 0.3) is 11.8 Å². The molecule has 18 heavy (non-hydrogen) atoms. The average Bonchev–Trinajstić information content (AvgIpc) is 2.64. The number of benzene rings is 1. The highest BCUT2D eigenvalue weighted by Gasteiger charge is 2.27. The monoisotopic (exact) mass is 371 g/mol. The van der Waals surface area contributed by atoms with E-state index in [1.807, 2.05) is 6.07 Å². The van der Waals surface area contributed by atoms with Gasteiger partial charge in [0.15, 0.2) is 0 Å². The number of anilines is 1. The summed E-state index contributed by atoms with van der Waals surface area (Å²) in [6, 6.07) is 3.75. The normalized spacial score (nSPS) is 14.7. The van der Waals surface area contributed by atoms with Crippen LogP contribution in [0.25, 0.3) is 0 Å². The summed E-state index contributed by atoms with van der Waals surface area (Å²) in [5.74, 6) is -0.619. The first-order chi connectivity index (χ1) is 8.54. The smallest absolute Gasteiger partial charge is 0.258 e. The number of amides is 2. The lowest BCUT2D eigenvalue weighted by atomic mass is 10.1. The molecule has 94 valence electrons. The lowest BCUT2D eigenvalue weighted by molar-refractivity contribution is -0.119. The third kappa shape index (κ3) is 2.42. The zero-order chi connectivity index (χ0) is 13.3. The second-order valence-corrected chi connectivity index (χ2v) is 5.70. The number of rotatable bonds is 3. The van der Waals surface area contributed by atoms with Crippen LogP contribution in [0.3, 0.4) is 0 Å². The van der Waals surface area contributed by atoms with Crippen LogP contribution >= 0.6 is 31.9 Å². The van der Waals surface area contributed by atoms with Crippen LogP contribution in [0.1, 0.15) is 18.9 Å². The molecule has 1 aromatic carbocycles. The van der Waals surface area contributed by atoms with Crippen molar-refractivity contribution in [2.24, 2.45) is 0 Å². The molecule has 0 aromatic heterocycles. The van der Waals surface area contributed by atoms with E-state index in [1.165, 1.54) is 12.2 Å². The van der Waals surface area contributed by atoms with E-state index in [4.69, 9.17) is 0 Å². The van der Waals surface area contributed by atoms with E-state index in [9.17, 15) is 9.59 Å². The number of hydrogen-bond acceptors (Lipinski definition) is 2. The minimum Gasteiger partial charge on any atom is -0.269 e. The summed E-state index contributed by atoms with van der Waals surface area (Å²) >= 11 is 6.90. The summed E-state index contributed by atoms with van der Waals surface area (Å²) < 4.78 is 1.66. The van der Waals surface area contributed by atoms with Gasteiger partial charge >= 0.3 is 0 Å². The summed E-state index contributed by atoms with van der Waals surface area (Å²) in [6.07, 6.45) is 4.54. The maximum absolute atomic E-state index is 11.6. The van der Waals surface area contributed by atoms with E-state index < -0.39 is 0 Å². The molecule has 0 aliphatic carbocycles. The van der Waals surface area contributed by atoms with E-state index in [0.29, 0.717) is 5.69 Å². The van der Waals surface area contributed by atoms with E-state index in [0.717, 1.165) is 32.3 Å². The Bertz CT molecular complexity index is 534. The predicted molar refractivity (Wildman–Crippen MR) is 77.5 cm³/mol. The lowest BCUT2D eigenvalue weighted by Gasteiger charge is -2.17. The van der Waals surface area contributed by atoms with Crippen molar-refractivity contribution in [2.75, 3.05) is 4.90 Å². The molecule has 2 amide bonds. The number of halogens is 2. The molecule has 1 aliphatic rings. The van der Waals surface area contributed by atoms with E-state index in [2.05, 4.69) is 38.8 Å². The zero-order valence-electron chi connectivity index (χ0n) is 9.74. The second kappa shape index (κ2) is 5.36. The van der Waals surface area contributed by atoms with Gasteiger partial charge in [0, 0.05) is 21.1 Å². The van der Waals surface area contributed by atoms with E-state index in [-0.39, 0.29) is 11.8 Å². The van der Waals surface area contributed by atoms with E-state index >= 15 is 0 Å². The van der Waals surface area contributed by atoms with Gasteiger partial charge in [0.2, 0.25) is 0 Å². The van der Waals surface area contributed by atoms with Gasteiger partial charge < -0.3 is 0 Å². The average molecular weight is 373 g/mol. The Morgan fingerprint density at radius 1 is 1.06 bits per heavy atom. The van der Waals surface area contributed by atoms with Crippen molar-refractivity contribution < 1.29 is 9.59 Å². The van der Waals surface area contributed by atoms with Gasteiger partial charge in [0.05, 0.1) is 5.69 Å². The molecule has 3 nitrogen and oxygen atoms in total. The number of carbonyl (C=O) groups excluding carboxylic acids is 2. The Labute approximate surface area is 122 Å². The van der Waals surface area contributed by atoms with Gasteiger partial charge in [-0.25, -0.2) is 4.90 Å². The van der Waals surface area contributed by atoms with Crippen LogP contribution in [0.5, 0.6) is 0 Å². The lowest BCUT2D eigenvalue weighted by Crippen LogP contribution is -2.29. The Hall–Kier alpha value is -0.940. The molecule has 0 fully saturated rings. The zero-order valence-corrected chi connectivity index (χ0v) is 12.9. The van der Waals surface area contributed by atoms with Crippen molar-refractivity contribution in [3.63, 3.8) is 0 Å². The summed E-state index contributed by atoms with van der Waals surface area (Å²) in [5, 5.41) is 0. The van der Waals surface area contributed by atoms with Gasteiger partial charge in [0.1, 0.15) is 0 Å². The first-order valence-electron chi connectivity index (χ1n) is 5.58. The number of carbonyl (C=O) groups is 2. The summed E-state index contributed by atoms with van der Waals surface area (Å²) in [5.41, 5.74) is 1.72. The molecule has 0 radical (unpaired) electrons. The number of nitrogens with zero attached hydrogens (tertiary/aromatic N) is 1. The van der Waals surface area contributed by atoms with Crippen molar-refractivity contribution in [2.45, 2.75) is 19.8 Å². The Morgan fingerprint density at radius 2 is 1.67 bits per heavy atom. The Kier molecular flexibility index (Phi) is 4.02. The van der Waals surface area contributed by atoms with Crippen LogP contribution in [0.2, 0.25) is 0 Å². The number of hydrogen-bond donors (Lipinski definition) is 0. The molecular formula is C13H11Br2NO2. The van der Waals surface area contributed by atoms with Crippen molar-refractivity contribution >= 4 is 49.4 Å². The van der Waals surface area contributed by atoms with Gasteiger partial charge in [-0.1, -0.05) is 29.3 Å². The molecular weight excluding hydrogens is 362 g/mol. The Morgan fingerprint density at radius 3 is 2.22 bits per heavy atom. The molecule has 0 saturated heterocycles. The molecule has 0 spiro atoms. The topological polar surface area (TPSA) is 37.4 Å². The van der Waals surface area contributed by atoms with Gasteiger partial charge in [-0.3, -0.25) is 9.59 Å². The fourth-order valence-corrected chi connectivity index (χ4v) is 2.95. The standard InChI is InChI=1S/C13H11Br2NO2/c1-2-3-8-6-10(15)11(7-9(8)14)16-12(17)4-5-13(16)18/h4-7H,2-3H2,1H3. The summed E-state index contributed by atoms with van der Waals surface area (Å²) in [7, 11) is 0. The van der Waals surface area contributed by atoms with Crippen molar-refractivity contribution in [3.05, 3.63) is 38.8 Å². The highest BCUT2D eigenvalue weighted by atomic mass is 79.9. The summed E-state index contributed by atoms with van der Waals surface area (Å²) in [4.78, 5) is 24.4. The third-order valence-electron chi connectivity index (χ3n) is 2.69. The fourth-order valence-electron chi connectivity index (χ4n) is 1.85. The van der Waals surface area contributed by atoms with Gasteiger partial charge in [-0.05, 0) is 40.0 Å². The predicted octanol–water partition coefficient (Wildman–Crippen LogP) is 3.59. The van der Waals surface area contributed by atoms with Crippen LogP contribution in [0.4, 0.5) is 5.69 Å². The van der Waals surface area contributed by atoms with Gasteiger partial charge in [-0.2, -0.15) is 0 Å². The molecule has 0 N–H and O–H groups in total. The maximum atomic E-state index is 11.6. The van der Waals surface area contributed by atoms with Crippen LogP contribution < -0.4 is 4.90 Å². The van der Waals surface area contributed by atoms with Crippen LogP contribution in [0, 0.1) is 0 Å². The number of imide groups is 1. The SMILES string of the molecule is CCCc1cc(Br)c(N2C(=O)C=CC2=O)cc1Br. The second-order valence-electron chi connectivity index (χ2n) is 3.99. The van der Waals surface area contributed by atoms with Crippen molar-refractivity contribution in [1.29, 1.82) is 0 Å². The van der Waals surface area contributed by atoms with E-state index in [1.54, 1.807) is 6.07 Å². The van der Waals surface area contributed by atoms with Crippen molar-refractivity contribution in [3.8, 4) is 0 Å². The Balaban J connectivity index is 2.44. The summed E-state index contributed by atoms with van der Waals surface area (Å²) in [6.45, 7) is 2.10. The molecule has 1 aliphatic heterocycles. The minimum absolute atomic E-state index is 0.309. The molecule has 2 rings (SSSR count). The minimum atomic E-state index is -0.309. The van der Waals surface area contributed by atoms with Gasteiger partial charge in [-0.15, -0.1) is 0 Å². The fraction of sp³-hybridized carbons (Fsp3) is 0.231. The molecule has 0 bridgehead atoms. The number of aryl methyl sites for hydroxylation is 1. The molecule has 0 saturated carbocycles. The van der Waals surface area contributed by atoms with Crippen LogP contribution in [-0.4, -0.2) is 11.8 Å². The van der Waals surface area contributed by atoms with Crippen LogP contribution in [0.15, 0.2) is 33.2 Å². The third-order valence-corrected chi connectivity index (χ3v) is 4.06. The molecule has 0 unspecified atom stereocenters. The molecule has 0 atom stereocenters. The highest BCUT2D eigenvalue weighted by molar-refractivity contribution is 9.11. The molecule has 1 heterocycles. The largest absolute Gasteiger partial charge is 0.269 e. The van der Waals surface area contributed by atoms with Crippen molar-refractivity contribution in [1.82, 2.24) is 0 Å². The highest BCUT2D eigenvalue weighted by Crippen LogP contribution is 2.34. The van der Waals surface area contributed by atoms with Crippen LogP contribution in [-0.2, 0) is 16.0 Å². The first kappa shape index (κ1) is 13.5. The molecule has 1 aromatic rings.